The van der Waals surface area contributed by atoms with Crippen LogP contribution in [0.15, 0.2) is 30.5 Å². The third-order valence-corrected chi connectivity index (χ3v) is 2.55. The molecule has 74 valence electrons. The molecule has 0 N–H and O–H groups in total. The van der Waals surface area contributed by atoms with Gasteiger partial charge in [0.2, 0.25) is 0 Å². The van der Waals surface area contributed by atoms with E-state index in [2.05, 4.69) is 55.8 Å². The first kappa shape index (κ1) is 9.32. The summed E-state index contributed by atoms with van der Waals surface area (Å²) in [6.45, 7) is 7.79. The number of para-hydroxylation sites is 1. The molecule has 0 radical (unpaired) electrons. The maximum atomic E-state index is 2.36. The number of rotatable bonds is 2. The van der Waals surface area contributed by atoms with Crippen LogP contribution in [0, 0.1) is 12.8 Å². The number of hydrogen-bond donors (Lipinski definition) is 0. The third-order valence-electron chi connectivity index (χ3n) is 2.55. The van der Waals surface area contributed by atoms with Gasteiger partial charge in [-0.3, -0.25) is 0 Å². The first-order valence-corrected chi connectivity index (χ1v) is 5.23. The normalized spacial score (nSPS) is 11.4. The zero-order chi connectivity index (χ0) is 10.1. The van der Waals surface area contributed by atoms with E-state index in [0.29, 0.717) is 5.92 Å². The summed E-state index contributed by atoms with van der Waals surface area (Å²) in [6.07, 6.45) is 2.25. The van der Waals surface area contributed by atoms with Gasteiger partial charge >= 0.3 is 0 Å². The van der Waals surface area contributed by atoms with Crippen LogP contribution in [0.4, 0.5) is 0 Å². The van der Waals surface area contributed by atoms with Crippen molar-refractivity contribution >= 4 is 10.9 Å². The van der Waals surface area contributed by atoms with Crippen molar-refractivity contribution in [2.45, 2.75) is 27.3 Å². The number of fused-ring (bicyclic) bond motifs is 1. The molecule has 1 heteroatoms. The summed E-state index contributed by atoms with van der Waals surface area (Å²) in [5.74, 6) is 0.699. The van der Waals surface area contributed by atoms with Crippen LogP contribution in [0.1, 0.15) is 19.4 Å². The Hall–Kier alpha value is -1.24. The van der Waals surface area contributed by atoms with Gasteiger partial charge in [0, 0.05) is 23.6 Å². The van der Waals surface area contributed by atoms with E-state index in [0.717, 1.165) is 6.54 Å². The molecule has 0 saturated heterocycles. The van der Waals surface area contributed by atoms with Crippen LogP contribution in [-0.4, -0.2) is 4.57 Å². The molecule has 0 amide bonds. The maximum Gasteiger partial charge on any atom is 0.0483 e. The van der Waals surface area contributed by atoms with Crippen molar-refractivity contribution in [1.29, 1.82) is 0 Å². The van der Waals surface area contributed by atoms with Crippen LogP contribution in [0.3, 0.4) is 0 Å². The van der Waals surface area contributed by atoms with Crippen molar-refractivity contribution in [1.82, 2.24) is 4.57 Å². The van der Waals surface area contributed by atoms with Gasteiger partial charge in [-0.25, -0.2) is 0 Å². The van der Waals surface area contributed by atoms with Gasteiger partial charge < -0.3 is 4.57 Å². The van der Waals surface area contributed by atoms with E-state index in [1.54, 1.807) is 0 Å². The monoisotopic (exact) mass is 187 g/mol. The molecule has 0 atom stereocenters. The third kappa shape index (κ3) is 1.54. The molecule has 1 aromatic heterocycles. The fourth-order valence-corrected chi connectivity index (χ4v) is 1.97. The second-order valence-electron chi connectivity index (χ2n) is 4.38. The molecule has 1 heterocycles. The van der Waals surface area contributed by atoms with Crippen molar-refractivity contribution in [3.8, 4) is 0 Å². The molecular weight excluding hydrogens is 170 g/mol. The van der Waals surface area contributed by atoms with Gasteiger partial charge in [-0.15, -0.1) is 0 Å². The van der Waals surface area contributed by atoms with E-state index in [4.69, 9.17) is 0 Å². The van der Waals surface area contributed by atoms with Gasteiger partial charge in [0.25, 0.3) is 0 Å². The molecule has 2 rings (SSSR count). The van der Waals surface area contributed by atoms with E-state index in [1.165, 1.54) is 16.5 Å². The average Bonchev–Trinajstić information content (AvgIpc) is 2.44. The first-order chi connectivity index (χ1) is 6.68. The van der Waals surface area contributed by atoms with Gasteiger partial charge in [0.05, 0.1) is 0 Å². The zero-order valence-electron chi connectivity index (χ0n) is 9.12. The van der Waals surface area contributed by atoms with Gasteiger partial charge in [-0.2, -0.15) is 0 Å². The van der Waals surface area contributed by atoms with Gasteiger partial charge in [0.1, 0.15) is 0 Å². The highest BCUT2D eigenvalue weighted by atomic mass is 15.0. The van der Waals surface area contributed by atoms with E-state index in [1.807, 2.05) is 0 Å². The zero-order valence-corrected chi connectivity index (χ0v) is 9.12. The van der Waals surface area contributed by atoms with Gasteiger partial charge in [0.15, 0.2) is 0 Å². The maximum absolute atomic E-state index is 2.36. The van der Waals surface area contributed by atoms with Gasteiger partial charge in [-0.05, 0) is 24.5 Å². The highest BCUT2D eigenvalue weighted by Gasteiger charge is 2.04. The Morgan fingerprint density at radius 3 is 2.64 bits per heavy atom. The minimum atomic E-state index is 0.699. The molecule has 0 bridgehead atoms. The van der Waals surface area contributed by atoms with Crippen LogP contribution >= 0.6 is 0 Å². The molecule has 14 heavy (non-hydrogen) atoms. The Balaban J connectivity index is 2.55. The van der Waals surface area contributed by atoms with E-state index >= 15 is 0 Å². The number of benzene rings is 1. The minimum absolute atomic E-state index is 0.699. The topological polar surface area (TPSA) is 4.93 Å². The molecule has 0 aliphatic carbocycles. The summed E-state index contributed by atoms with van der Waals surface area (Å²) in [4.78, 5) is 0. The molecule has 0 unspecified atom stereocenters. The Morgan fingerprint density at radius 2 is 1.93 bits per heavy atom. The summed E-state index contributed by atoms with van der Waals surface area (Å²) < 4.78 is 2.36. The lowest BCUT2D eigenvalue weighted by molar-refractivity contribution is 0.535. The smallest absolute Gasteiger partial charge is 0.0483 e. The molecule has 2 aromatic rings. The second-order valence-corrected chi connectivity index (χ2v) is 4.38. The lowest BCUT2D eigenvalue weighted by atomic mass is 10.2. The number of hydrogen-bond acceptors (Lipinski definition) is 0. The lowest BCUT2D eigenvalue weighted by Crippen LogP contribution is -2.02. The number of aromatic nitrogens is 1. The molecular formula is C13H17N. The Kier molecular flexibility index (Phi) is 2.32. The van der Waals surface area contributed by atoms with Crippen molar-refractivity contribution in [3.05, 3.63) is 36.0 Å². The molecule has 1 aromatic carbocycles. The second kappa shape index (κ2) is 3.49. The van der Waals surface area contributed by atoms with Crippen molar-refractivity contribution in [3.63, 3.8) is 0 Å². The summed E-state index contributed by atoms with van der Waals surface area (Å²) in [6, 6.07) is 8.61. The standard InChI is InChI=1S/C13H17N/c1-10(2)8-14-9-11(3)12-6-4-5-7-13(12)14/h4-7,9-10H,8H2,1-3H3. The van der Waals surface area contributed by atoms with Crippen LogP contribution in [0.2, 0.25) is 0 Å². The fraction of sp³-hybridized carbons (Fsp3) is 0.385. The molecule has 1 nitrogen and oxygen atoms in total. The summed E-state index contributed by atoms with van der Waals surface area (Å²) in [5, 5.41) is 1.38. The minimum Gasteiger partial charge on any atom is -0.347 e. The predicted molar refractivity (Wildman–Crippen MR) is 61.5 cm³/mol. The molecule has 0 fully saturated rings. The summed E-state index contributed by atoms with van der Waals surface area (Å²) in [7, 11) is 0. The van der Waals surface area contributed by atoms with Crippen molar-refractivity contribution in [2.24, 2.45) is 5.92 Å². The van der Waals surface area contributed by atoms with Crippen molar-refractivity contribution < 1.29 is 0 Å². The fourth-order valence-electron chi connectivity index (χ4n) is 1.97. The average molecular weight is 187 g/mol. The number of nitrogens with zero attached hydrogens (tertiary/aromatic N) is 1. The van der Waals surface area contributed by atoms with Crippen LogP contribution in [0.25, 0.3) is 10.9 Å². The van der Waals surface area contributed by atoms with Crippen LogP contribution in [-0.2, 0) is 6.54 Å². The SMILES string of the molecule is Cc1cn(CC(C)C)c2ccccc12. The summed E-state index contributed by atoms with van der Waals surface area (Å²) >= 11 is 0. The lowest BCUT2D eigenvalue weighted by Gasteiger charge is -2.07. The van der Waals surface area contributed by atoms with Crippen LogP contribution < -0.4 is 0 Å². The molecule has 0 spiro atoms. The molecule has 0 aliphatic heterocycles. The van der Waals surface area contributed by atoms with Crippen LogP contribution in [0.5, 0.6) is 0 Å². The summed E-state index contributed by atoms with van der Waals surface area (Å²) in [5.41, 5.74) is 2.74. The molecule has 0 aliphatic rings. The Morgan fingerprint density at radius 1 is 1.21 bits per heavy atom. The van der Waals surface area contributed by atoms with E-state index in [9.17, 15) is 0 Å². The van der Waals surface area contributed by atoms with E-state index in [-0.39, 0.29) is 0 Å². The molecule has 0 saturated carbocycles. The first-order valence-electron chi connectivity index (χ1n) is 5.23. The highest BCUT2D eigenvalue weighted by Crippen LogP contribution is 2.21. The van der Waals surface area contributed by atoms with Crippen molar-refractivity contribution in [2.75, 3.05) is 0 Å². The predicted octanol–water partition coefficient (Wildman–Crippen LogP) is 3.61. The largest absolute Gasteiger partial charge is 0.347 e. The Bertz CT molecular complexity index is 437. The quantitative estimate of drug-likeness (QED) is 0.677. The highest BCUT2D eigenvalue weighted by molar-refractivity contribution is 5.83. The van der Waals surface area contributed by atoms with E-state index < -0.39 is 0 Å². The number of aryl methyl sites for hydroxylation is 1. The van der Waals surface area contributed by atoms with Gasteiger partial charge in [-0.1, -0.05) is 32.0 Å². The Labute approximate surface area is 85.4 Å².